The van der Waals surface area contributed by atoms with Crippen molar-refractivity contribution in [2.45, 2.75) is 25.9 Å². The second kappa shape index (κ2) is 9.32. The van der Waals surface area contributed by atoms with Crippen LogP contribution in [0.4, 0.5) is 0 Å². The lowest BCUT2D eigenvalue weighted by atomic mass is 10.0. The molecule has 0 aliphatic heterocycles. The van der Waals surface area contributed by atoms with Crippen LogP contribution in [0.2, 0.25) is 0 Å². The summed E-state index contributed by atoms with van der Waals surface area (Å²) < 4.78 is 17.1. The van der Waals surface area contributed by atoms with Crippen molar-refractivity contribution in [2.75, 3.05) is 41.5 Å². The predicted octanol–water partition coefficient (Wildman–Crippen LogP) is 4.68. The van der Waals surface area contributed by atoms with Gasteiger partial charge in [-0.1, -0.05) is 18.0 Å². The van der Waals surface area contributed by atoms with Gasteiger partial charge in [0.2, 0.25) is 0 Å². The van der Waals surface area contributed by atoms with Gasteiger partial charge in [0, 0.05) is 34.1 Å². The van der Waals surface area contributed by atoms with Crippen LogP contribution in [-0.2, 0) is 4.84 Å². The van der Waals surface area contributed by atoms with Crippen LogP contribution in [0.15, 0.2) is 35.5 Å². The third kappa shape index (κ3) is 4.17. The van der Waals surface area contributed by atoms with E-state index in [4.69, 9.17) is 25.5 Å². The molecule has 7 nitrogen and oxygen atoms in total. The highest BCUT2D eigenvalue weighted by Crippen LogP contribution is 2.46. The van der Waals surface area contributed by atoms with E-state index in [-0.39, 0.29) is 0 Å². The van der Waals surface area contributed by atoms with Gasteiger partial charge in [-0.15, -0.1) is 6.42 Å². The van der Waals surface area contributed by atoms with Crippen LogP contribution in [0, 0.1) is 12.3 Å². The van der Waals surface area contributed by atoms with E-state index < -0.39 is 5.60 Å². The van der Waals surface area contributed by atoms with Crippen LogP contribution in [0.25, 0.3) is 22.2 Å². The summed E-state index contributed by atoms with van der Waals surface area (Å²) in [6, 6.07) is 9.91. The van der Waals surface area contributed by atoms with Crippen LogP contribution < -0.4 is 14.2 Å². The van der Waals surface area contributed by atoms with E-state index in [9.17, 15) is 0 Å². The maximum Gasteiger partial charge on any atom is 0.194 e. The second-order valence-corrected chi connectivity index (χ2v) is 8.75. The molecule has 1 aliphatic rings. The first-order valence-corrected chi connectivity index (χ1v) is 11.3. The molecule has 4 rings (SSSR count). The van der Waals surface area contributed by atoms with Gasteiger partial charge in [0.05, 0.1) is 19.9 Å². The molecule has 0 bridgehead atoms. The van der Waals surface area contributed by atoms with Crippen molar-refractivity contribution in [2.24, 2.45) is 5.16 Å². The fourth-order valence-corrected chi connectivity index (χ4v) is 3.91. The number of H-pyrrole nitrogens is 1. The minimum Gasteiger partial charge on any atom is -0.493 e. The first-order valence-electron chi connectivity index (χ1n) is 11.3. The fraction of sp³-hybridized carbons (Fsp3) is 0.370. The van der Waals surface area contributed by atoms with Gasteiger partial charge in [-0.25, -0.2) is 0 Å². The molecular formula is C27H31N3O4. The number of likely N-dealkylation sites (N-methyl/N-ethyl adjacent to an activating group) is 1. The smallest absolute Gasteiger partial charge is 0.194 e. The molecule has 0 radical (unpaired) electrons. The topological polar surface area (TPSA) is 68.3 Å². The van der Waals surface area contributed by atoms with Gasteiger partial charge in [0.15, 0.2) is 17.1 Å². The van der Waals surface area contributed by atoms with Gasteiger partial charge >= 0.3 is 0 Å². The third-order valence-electron chi connectivity index (χ3n) is 6.18. The Morgan fingerprint density at radius 3 is 2.41 bits per heavy atom. The Kier molecular flexibility index (Phi) is 6.45. The molecule has 3 aromatic rings. The summed E-state index contributed by atoms with van der Waals surface area (Å²) in [6.07, 6.45) is 6.35. The van der Waals surface area contributed by atoms with Gasteiger partial charge in [0.1, 0.15) is 18.1 Å². The average Bonchev–Trinajstić information content (AvgIpc) is 3.35. The van der Waals surface area contributed by atoms with Gasteiger partial charge in [0.25, 0.3) is 0 Å². The SMILES string of the molecule is C#CC(C)(CC)O/N=C1/c2cc(OC)c(OC)cc2-c2[nH]c3ccc(OCCN(C)C)cc3c21. The zero-order chi connectivity index (χ0) is 24.5. The Labute approximate surface area is 200 Å². The molecule has 178 valence electrons. The molecule has 1 aromatic heterocycles. The molecule has 7 heteroatoms. The van der Waals surface area contributed by atoms with E-state index in [0.29, 0.717) is 30.2 Å². The summed E-state index contributed by atoms with van der Waals surface area (Å²) in [5.41, 5.74) is 4.59. The summed E-state index contributed by atoms with van der Waals surface area (Å²) in [7, 11) is 7.29. The lowest BCUT2D eigenvalue weighted by Gasteiger charge is -2.19. The number of aromatic amines is 1. The zero-order valence-corrected chi connectivity index (χ0v) is 20.6. The van der Waals surface area contributed by atoms with Crippen LogP contribution in [0.5, 0.6) is 17.2 Å². The number of oxime groups is 1. The molecule has 0 saturated carbocycles. The number of nitrogens with zero attached hydrogens (tertiary/aromatic N) is 2. The molecule has 0 fully saturated rings. The van der Waals surface area contributed by atoms with E-state index in [0.717, 1.165) is 45.6 Å². The number of hydrogen-bond donors (Lipinski definition) is 1. The molecular weight excluding hydrogens is 430 g/mol. The number of ether oxygens (including phenoxy) is 3. The first-order chi connectivity index (χ1) is 16.3. The molecule has 1 N–H and O–H groups in total. The molecule has 0 spiro atoms. The number of hydrogen-bond acceptors (Lipinski definition) is 6. The summed E-state index contributed by atoms with van der Waals surface area (Å²) >= 11 is 0. The minimum absolute atomic E-state index is 0.598. The van der Waals surface area contributed by atoms with Gasteiger partial charge in [-0.3, -0.25) is 0 Å². The van der Waals surface area contributed by atoms with E-state index in [2.05, 4.69) is 21.0 Å². The maximum absolute atomic E-state index is 6.00. The minimum atomic E-state index is -0.807. The molecule has 1 atom stereocenters. The van der Waals surface area contributed by atoms with Crippen LogP contribution >= 0.6 is 0 Å². The lowest BCUT2D eigenvalue weighted by Crippen LogP contribution is -2.23. The number of terminal acetylenes is 1. The van der Waals surface area contributed by atoms with E-state index in [1.165, 1.54) is 0 Å². The molecule has 1 heterocycles. The second-order valence-electron chi connectivity index (χ2n) is 8.75. The molecule has 0 amide bonds. The number of benzene rings is 2. The Hall–Kier alpha value is -3.63. The van der Waals surface area contributed by atoms with E-state index >= 15 is 0 Å². The van der Waals surface area contributed by atoms with E-state index in [1.807, 2.05) is 58.3 Å². The molecule has 1 unspecified atom stereocenters. The van der Waals surface area contributed by atoms with Crippen molar-refractivity contribution in [3.05, 3.63) is 41.5 Å². The monoisotopic (exact) mass is 461 g/mol. The molecule has 0 saturated heterocycles. The summed E-state index contributed by atoms with van der Waals surface area (Å²) in [5, 5.41) is 5.59. The van der Waals surface area contributed by atoms with Gasteiger partial charge in [-0.05, 0) is 57.8 Å². The quantitative estimate of drug-likeness (QED) is 0.290. The van der Waals surface area contributed by atoms with Gasteiger partial charge in [-0.2, -0.15) is 0 Å². The van der Waals surface area contributed by atoms with Crippen molar-refractivity contribution < 1.29 is 19.0 Å². The highest BCUT2D eigenvalue weighted by Gasteiger charge is 2.33. The normalized spacial score (nSPS) is 15.1. The number of methoxy groups -OCH3 is 2. The number of aromatic nitrogens is 1. The van der Waals surface area contributed by atoms with Crippen molar-refractivity contribution in [3.63, 3.8) is 0 Å². The fourth-order valence-electron chi connectivity index (χ4n) is 3.91. The summed E-state index contributed by atoms with van der Waals surface area (Å²) in [6.45, 7) is 5.26. The van der Waals surface area contributed by atoms with Crippen LogP contribution in [-0.4, -0.2) is 62.7 Å². The van der Waals surface area contributed by atoms with Crippen molar-refractivity contribution in [1.82, 2.24) is 9.88 Å². The van der Waals surface area contributed by atoms with Crippen molar-refractivity contribution >= 4 is 16.6 Å². The molecule has 1 aliphatic carbocycles. The molecule has 2 aromatic carbocycles. The summed E-state index contributed by atoms with van der Waals surface area (Å²) in [5.74, 6) is 4.76. The Morgan fingerprint density at radius 2 is 1.79 bits per heavy atom. The maximum atomic E-state index is 6.00. The highest BCUT2D eigenvalue weighted by molar-refractivity contribution is 6.30. The number of fused-ring (bicyclic) bond motifs is 5. The van der Waals surface area contributed by atoms with Gasteiger partial charge < -0.3 is 28.9 Å². The number of nitrogens with one attached hydrogen (secondary N) is 1. The largest absolute Gasteiger partial charge is 0.493 e. The van der Waals surface area contributed by atoms with Crippen LogP contribution in [0.3, 0.4) is 0 Å². The first kappa shape index (κ1) is 23.5. The number of rotatable bonds is 9. The highest BCUT2D eigenvalue weighted by atomic mass is 16.6. The predicted molar refractivity (Wildman–Crippen MR) is 135 cm³/mol. The van der Waals surface area contributed by atoms with Crippen LogP contribution in [0.1, 0.15) is 31.4 Å². The van der Waals surface area contributed by atoms with E-state index in [1.54, 1.807) is 14.2 Å². The molecule has 34 heavy (non-hydrogen) atoms. The van der Waals surface area contributed by atoms with Crippen molar-refractivity contribution in [1.29, 1.82) is 0 Å². The zero-order valence-electron chi connectivity index (χ0n) is 20.6. The standard InChI is InChI=1S/C27H31N3O4/c1-8-27(3,9-2)34-29-26-19-16-23(32-7)22(31-6)15-18(19)25-24(26)20-14-17(10-11-21(20)28-25)33-13-12-30(4)5/h1,10-11,14-16,28H,9,12-13H2,2-7H3/b29-26-. The third-order valence-corrected chi connectivity index (χ3v) is 6.18. The Bertz CT molecular complexity index is 1290. The Balaban J connectivity index is 1.87. The summed E-state index contributed by atoms with van der Waals surface area (Å²) in [4.78, 5) is 11.6. The Morgan fingerprint density at radius 1 is 1.09 bits per heavy atom. The lowest BCUT2D eigenvalue weighted by molar-refractivity contribution is 0.0150. The average molecular weight is 462 g/mol. The van der Waals surface area contributed by atoms with Crippen molar-refractivity contribution in [3.8, 4) is 40.8 Å².